The van der Waals surface area contributed by atoms with Crippen molar-refractivity contribution in [1.82, 2.24) is 4.98 Å². The summed E-state index contributed by atoms with van der Waals surface area (Å²) in [4.78, 5) is 6.34. The van der Waals surface area contributed by atoms with E-state index in [4.69, 9.17) is 11.6 Å². The van der Waals surface area contributed by atoms with Gasteiger partial charge in [-0.15, -0.1) is 11.3 Å². The Morgan fingerprint density at radius 2 is 2.42 bits per heavy atom. The average molecular weight is 205 g/mol. The molecule has 2 nitrogen and oxygen atoms in total. The quantitative estimate of drug-likeness (QED) is 0.753. The molecule has 0 saturated heterocycles. The van der Waals surface area contributed by atoms with Crippen LogP contribution in [-0.2, 0) is 0 Å². The van der Waals surface area contributed by atoms with Gasteiger partial charge >= 0.3 is 0 Å². The Morgan fingerprint density at radius 1 is 1.75 bits per heavy atom. The summed E-state index contributed by atoms with van der Waals surface area (Å²) in [6.07, 6.45) is 1.12. The van der Waals surface area contributed by atoms with Gasteiger partial charge in [-0.1, -0.05) is 18.5 Å². The molecule has 0 fully saturated rings. The molecule has 0 N–H and O–H groups in total. The molecule has 68 valence electrons. The smallest absolute Gasteiger partial charge is 0.186 e. The average Bonchev–Trinajstić information content (AvgIpc) is 2.49. The zero-order valence-corrected chi connectivity index (χ0v) is 9.11. The third-order valence-corrected chi connectivity index (χ3v) is 3.27. The van der Waals surface area contributed by atoms with Crippen molar-refractivity contribution in [3.63, 3.8) is 0 Å². The fourth-order valence-corrected chi connectivity index (χ4v) is 1.89. The van der Waals surface area contributed by atoms with Crippen molar-refractivity contribution in [1.29, 1.82) is 0 Å². The Kier molecular flexibility index (Phi) is 3.35. The van der Waals surface area contributed by atoms with Crippen LogP contribution in [0, 0.1) is 0 Å². The second-order valence-electron chi connectivity index (χ2n) is 2.82. The van der Waals surface area contributed by atoms with Crippen LogP contribution in [0.25, 0.3) is 0 Å². The van der Waals surface area contributed by atoms with Gasteiger partial charge in [-0.3, -0.25) is 0 Å². The number of hydrogen-bond donors (Lipinski definition) is 0. The molecule has 1 rings (SSSR count). The molecule has 0 bridgehead atoms. The molecule has 0 aliphatic rings. The Morgan fingerprint density at radius 3 is 2.83 bits per heavy atom. The fraction of sp³-hybridized carbons (Fsp3) is 0.625. The zero-order chi connectivity index (χ0) is 9.14. The summed E-state index contributed by atoms with van der Waals surface area (Å²) in [6.45, 7) is 4.34. The highest BCUT2D eigenvalue weighted by Crippen LogP contribution is 2.24. The summed E-state index contributed by atoms with van der Waals surface area (Å²) in [6, 6.07) is 0.521. The molecule has 0 aliphatic heterocycles. The Bertz CT molecular complexity index is 249. The fourth-order valence-electron chi connectivity index (χ4n) is 0.870. The van der Waals surface area contributed by atoms with E-state index in [-0.39, 0.29) is 0 Å². The van der Waals surface area contributed by atoms with Crippen LogP contribution < -0.4 is 4.90 Å². The number of halogens is 1. The second-order valence-corrected chi connectivity index (χ2v) is 4.04. The van der Waals surface area contributed by atoms with Gasteiger partial charge in [0.25, 0.3) is 0 Å². The molecule has 0 amide bonds. The molecule has 0 radical (unpaired) electrons. The van der Waals surface area contributed by atoms with Crippen LogP contribution in [0.3, 0.4) is 0 Å². The van der Waals surface area contributed by atoms with Crippen LogP contribution in [0.15, 0.2) is 5.38 Å². The standard InChI is InChI=1S/C8H13ClN2S/c1-4-6(2)11(3)8-10-7(9)5-12-8/h5-6H,4H2,1-3H3. The van der Waals surface area contributed by atoms with Gasteiger partial charge in [0.15, 0.2) is 5.13 Å². The van der Waals surface area contributed by atoms with Crippen molar-refractivity contribution >= 4 is 28.1 Å². The number of hydrogen-bond acceptors (Lipinski definition) is 3. The van der Waals surface area contributed by atoms with E-state index in [1.165, 1.54) is 0 Å². The summed E-state index contributed by atoms with van der Waals surface area (Å²) in [5.41, 5.74) is 0. The van der Waals surface area contributed by atoms with Crippen molar-refractivity contribution in [3.05, 3.63) is 10.5 Å². The lowest BCUT2D eigenvalue weighted by Crippen LogP contribution is -2.27. The summed E-state index contributed by atoms with van der Waals surface area (Å²) < 4.78 is 0. The van der Waals surface area contributed by atoms with E-state index in [1.54, 1.807) is 11.3 Å². The Labute approximate surface area is 82.2 Å². The first-order valence-corrected chi connectivity index (χ1v) is 5.24. The third kappa shape index (κ3) is 2.11. The highest BCUT2D eigenvalue weighted by Gasteiger charge is 2.10. The maximum absolute atomic E-state index is 5.72. The van der Waals surface area contributed by atoms with Crippen LogP contribution in [0.5, 0.6) is 0 Å². The first-order chi connectivity index (χ1) is 5.65. The van der Waals surface area contributed by atoms with Crippen molar-refractivity contribution in [2.24, 2.45) is 0 Å². The van der Waals surface area contributed by atoms with E-state index >= 15 is 0 Å². The molecule has 1 aromatic rings. The molecule has 1 aromatic heterocycles. The summed E-state index contributed by atoms with van der Waals surface area (Å²) in [7, 11) is 2.04. The SMILES string of the molecule is CCC(C)N(C)c1nc(Cl)cs1. The highest BCUT2D eigenvalue weighted by molar-refractivity contribution is 7.14. The summed E-state index contributed by atoms with van der Waals surface area (Å²) in [5.74, 6) is 0. The van der Waals surface area contributed by atoms with Crippen molar-refractivity contribution in [3.8, 4) is 0 Å². The molecule has 12 heavy (non-hydrogen) atoms. The van der Waals surface area contributed by atoms with Gasteiger partial charge < -0.3 is 4.90 Å². The lowest BCUT2D eigenvalue weighted by atomic mass is 10.2. The maximum atomic E-state index is 5.72. The molecule has 1 atom stereocenters. The molecular weight excluding hydrogens is 192 g/mol. The molecular formula is C8H13ClN2S. The zero-order valence-electron chi connectivity index (χ0n) is 7.54. The monoisotopic (exact) mass is 204 g/mol. The van der Waals surface area contributed by atoms with Crippen molar-refractivity contribution in [2.45, 2.75) is 26.3 Å². The number of nitrogens with zero attached hydrogens (tertiary/aromatic N) is 2. The van der Waals surface area contributed by atoms with Crippen molar-refractivity contribution in [2.75, 3.05) is 11.9 Å². The molecule has 0 aliphatic carbocycles. The molecule has 4 heteroatoms. The minimum atomic E-state index is 0.521. The van der Waals surface area contributed by atoms with Gasteiger partial charge in [-0.05, 0) is 13.3 Å². The minimum absolute atomic E-state index is 0.521. The van der Waals surface area contributed by atoms with Crippen molar-refractivity contribution < 1.29 is 0 Å². The molecule has 0 spiro atoms. The third-order valence-electron chi connectivity index (χ3n) is 2.02. The van der Waals surface area contributed by atoms with E-state index < -0.39 is 0 Å². The summed E-state index contributed by atoms with van der Waals surface area (Å²) in [5, 5.41) is 3.44. The van der Waals surface area contributed by atoms with Gasteiger partial charge in [0.2, 0.25) is 0 Å². The van der Waals surface area contributed by atoms with E-state index in [9.17, 15) is 0 Å². The van der Waals surface area contributed by atoms with Gasteiger partial charge in [0.05, 0.1) is 0 Å². The molecule has 1 heterocycles. The van der Waals surface area contributed by atoms with Crippen LogP contribution in [-0.4, -0.2) is 18.1 Å². The van der Waals surface area contributed by atoms with E-state index in [1.807, 2.05) is 12.4 Å². The maximum Gasteiger partial charge on any atom is 0.186 e. The van der Waals surface area contributed by atoms with Gasteiger partial charge in [-0.25, -0.2) is 4.98 Å². The molecule has 0 aromatic carbocycles. The summed E-state index contributed by atoms with van der Waals surface area (Å²) >= 11 is 7.31. The normalized spacial score (nSPS) is 13.0. The van der Waals surface area contributed by atoms with Crippen LogP contribution >= 0.6 is 22.9 Å². The van der Waals surface area contributed by atoms with E-state index in [2.05, 4.69) is 23.7 Å². The van der Waals surface area contributed by atoms with E-state index in [0.717, 1.165) is 11.6 Å². The predicted octanol–water partition coefficient (Wildman–Crippen LogP) is 3.03. The lowest BCUT2D eigenvalue weighted by Gasteiger charge is -2.22. The van der Waals surface area contributed by atoms with Gasteiger partial charge in [0.1, 0.15) is 5.15 Å². The van der Waals surface area contributed by atoms with Crippen LogP contribution in [0.2, 0.25) is 5.15 Å². The molecule has 1 unspecified atom stereocenters. The van der Waals surface area contributed by atoms with E-state index in [0.29, 0.717) is 11.2 Å². The minimum Gasteiger partial charge on any atom is -0.348 e. The highest BCUT2D eigenvalue weighted by atomic mass is 35.5. The van der Waals surface area contributed by atoms with Crippen LogP contribution in [0.4, 0.5) is 5.13 Å². The number of anilines is 1. The van der Waals surface area contributed by atoms with Gasteiger partial charge in [0, 0.05) is 18.5 Å². The Balaban J connectivity index is 2.70. The Hall–Kier alpha value is -0.280. The van der Waals surface area contributed by atoms with Gasteiger partial charge in [-0.2, -0.15) is 0 Å². The number of aromatic nitrogens is 1. The number of thiazole rings is 1. The van der Waals surface area contributed by atoms with Crippen LogP contribution in [0.1, 0.15) is 20.3 Å². The number of rotatable bonds is 3. The first-order valence-electron chi connectivity index (χ1n) is 3.99. The topological polar surface area (TPSA) is 16.1 Å². The lowest BCUT2D eigenvalue weighted by molar-refractivity contribution is 0.662. The largest absolute Gasteiger partial charge is 0.348 e. The first kappa shape index (κ1) is 9.81. The molecule has 0 saturated carbocycles. The predicted molar refractivity (Wildman–Crippen MR) is 55.3 cm³/mol. The second kappa shape index (κ2) is 4.10.